The second-order valence-corrected chi connectivity index (χ2v) is 4.38. The van der Waals surface area contributed by atoms with Crippen LogP contribution < -0.4 is 0 Å². The number of hydrogen-bond acceptors (Lipinski definition) is 3. The van der Waals surface area contributed by atoms with E-state index in [1.807, 2.05) is 26.0 Å². The first-order valence-electron chi connectivity index (χ1n) is 4.23. The van der Waals surface area contributed by atoms with Crippen LogP contribution >= 0.6 is 11.3 Å². The number of rotatable bonds is 1. The fourth-order valence-electron chi connectivity index (χ4n) is 1.38. The smallest absolute Gasteiger partial charge is 0.258 e. The Morgan fingerprint density at radius 3 is 2.50 bits per heavy atom. The largest absolute Gasteiger partial charge is 0.325 e. The first-order chi connectivity index (χ1) is 6.58. The number of aryl methyl sites for hydroxylation is 2. The van der Waals surface area contributed by atoms with Crippen molar-refractivity contribution in [3.63, 3.8) is 0 Å². The lowest BCUT2D eigenvalue weighted by atomic mass is 10.1. The van der Waals surface area contributed by atoms with Crippen molar-refractivity contribution in [2.45, 2.75) is 13.8 Å². The van der Waals surface area contributed by atoms with E-state index in [1.54, 1.807) is 6.07 Å². The molecule has 4 heteroatoms. The van der Waals surface area contributed by atoms with Crippen LogP contribution in [0.15, 0.2) is 18.2 Å². The third-order valence-corrected chi connectivity index (χ3v) is 3.35. The van der Waals surface area contributed by atoms with Gasteiger partial charge in [-0.15, -0.1) is 0 Å². The van der Waals surface area contributed by atoms with Gasteiger partial charge < -0.3 is 0 Å². The van der Waals surface area contributed by atoms with Crippen LogP contribution in [-0.2, 0) is 0 Å². The fraction of sp³-hybridized carbons (Fsp3) is 0.200. The van der Waals surface area contributed by atoms with Gasteiger partial charge >= 0.3 is 5.00 Å². The summed E-state index contributed by atoms with van der Waals surface area (Å²) in [6, 6.07) is 5.63. The molecule has 72 valence electrons. The number of nitro groups is 1. The molecular formula is C10H9NO2S. The third-order valence-electron chi connectivity index (χ3n) is 2.30. The van der Waals surface area contributed by atoms with Crippen LogP contribution in [0.25, 0.3) is 10.1 Å². The van der Waals surface area contributed by atoms with Gasteiger partial charge in [-0.25, -0.2) is 0 Å². The summed E-state index contributed by atoms with van der Waals surface area (Å²) in [4.78, 5) is 10.2. The molecule has 14 heavy (non-hydrogen) atoms. The molecule has 1 heterocycles. The Morgan fingerprint density at radius 1 is 1.21 bits per heavy atom. The maximum Gasteiger partial charge on any atom is 0.325 e. The van der Waals surface area contributed by atoms with E-state index in [0.29, 0.717) is 0 Å². The van der Waals surface area contributed by atoms with E-state index >= 15 is 0 Å². The summed E-state index contributed by atoms with van der Waals surface area (Å²) in [5.74, 6) is 0. The van der Waals surface area contributed by atoms with Crippen LogP contribution in [0, 0.1) is 24.0 Å². The van der Waals surface area contributed by atoms with Crippen LogP contribution in [0.3, 0.4) is 0 Å². The van der Waals surface area contributed by atoms with Crippen LogP contribution in [0.5, 0.6) is 0 Å². The lowest BCUT2D eigenvalue weighted by Crippen LogP contribution is -1.80. The molecule has 3 nitrogen and oxygen atoms in total. The lowest BCUT2D eigenvalue weighted by Gasteiger charge is -1.97. The van der Waals surface area contributed by atoms with Gasteiger partial charge in [0, 0.05) is 10.8 Å². The third kappa shape index (κ3) is 1.37. The van der Waals surface area contributed by atoms with Gasteiger partial charge in [-0.3, -0.25) is 10.1 Å². The quantitative estimate of drug-likeness (QED) is 0.531. The molecule has 0 unspecified atom stereocenters. The van der Waals surface area contributed by atoms with Crippen LogP contribution in [0.1, 0.15) is 11.1 Å². The SMILES string of the molecule is Cc1cc2cc([N+](=O)[O-])sc2cc1C. The minimum Gasteiger partial charge on any atom is -0.258 e. The summed E-state index contributed by atoms with van der Waals surface area (Å²) in [5.41, 5.74) is 2.35. The summed E-state index contributed by atoms with van der Waals surface area (Å²) >= 11 is 1.23. The molecule has 2 aromatic rings. The zero-order valence-electron chi connectivity index (χ0n) is 7.90. The van der Waals surface area contributed by atoms with Crippen molar-refractivity contribution in [2.75, 3.05) is 0 Å². The molecule has 0 aliphatic carbocycles. The highest BCUT2D eigenvalue weighted by atomic mass is 32.1. The molecular weight excluding hydrogens is 198 g/mol. The molecule has 0 fully saturated rings. The molecule has 1 aromatic carbocycles. The summed E-state index contributed by atoms with van der Waals surface area (Å²) in [7, 11) is 0. The van der Waals surface area contributed by atoms with Crippen molar-refractivity contribution in [2.24, 2.45) is 0 Å². The highest BCUT2D eigenvalue weighted by Gasteiger charge is 2.11. The number of fused-ring (bicyclic) bond motifs is 1. The van der Waals surface area contributed by atoms with Crippen LogP contribution in [0.4, 0.5) is 5.00 Å². The van der Waals surface area contributed by atoms with Gasteiger partial charge in [-0.2, -0.15) is 0 Å². The topological polar surface area (TPSA) is 43.1 Å². The minimum absolute atomic E-state index is 0.213. The Bertz CT molecular complexity index is 477. The second kappa shape index (κ2) is 3.06. The lowest BCUT2D eigenvalue weighted by molar-refractivity contribution is -0.380. The van der Waals surface area contributed by atoms with E-state index in [0.717, 1.165) is 10.1 Å². The summed E-state index contributed by atoms with van der Waals surface area (Å²) in [6.45, 7) is 4.03. The first-order valence-corrected chi connectivity index (χ1v) is 5.05. The highest BCUT2D eigenvalue weighted by Crippen LogP contribution is 2.32. The fourth-order valence-corrected chi connectivity index (χ4v) is 2.34. The van der Waals surface area contributed by atoms with E-state index in [-0.39, 0.29) is 9.92 Å². The van der Waals surface area contributed by atoms with Crippen molar-refractivity contribution in [1.29, 1.82) is 0 Å². The Kier molecular flexibility index (Phi) is 2.00. The molecule has 0 N–H and O–H groups in total. The molecule has 0 spiro atoms. The van der Waals surface area contributed by atoms with Crippen LogP contribution in [-0.4, -0.2) is 4.92 Å². The number of thiophene rings is 1. The predicted octanol–water partition coefficient (Wildman–Crippen LogP) is 3.43. The van der Waals surface area contributed by atoms with E-state index in [2.05, 4.69) is 0 Å². The van der Waals surface area contributed by atoms with Gasteiger partial charge in [0.2, 0.25) is 0 Å². The van der Waals surface area contributed by atoms with Crippen molar-refractivity contribution >= 4 is 26.4 Å². The average molecular weight is 207 g/mol. The van der Waals surface area contributed by atoms with Gasteiger partial charge in [-0.1, -0.05) is 17.4 Å². The minimum atomic E-state index is -0.338. The van der Waals surface area contributed by atoms with Gasteiger partial charge in [0.1, 0.15) is 0 Å². The van der Waals surface area contributed by atoms with Gasteiger partial charge in [0.15, 0.2) is 0 Å². The van der Waals surface area contributed by atoms with E-state index < -0.39 is 0 Å². The standard InChI is InChI=1S/C10H9NO2S/c1-6-3-8-5-10(11(12)13)14-9(8)4-7(6)2/h3-5H,1-2H3. The molecule has 0 saturated heterocycles. The predicted molar refractivity (Wildman–Crippen MR) is 58.0 cm³/mol. The second-order valence-electron chi connectivity index (χ2n) is 3.32. The summed E-state index contributed by atoms with van der Waals surface area (Å²) < 4.78 is 0.986. The van der Waals surface area contributed by atoms with Crippen molar-refractivity contribution in [1.82, 2.24) is 0 Å². The Hall–Kier alpha value is -1.42. The normalized spacial score (nSPS) is 10.7. The van der Waals surface area contributed by atoms with Gasteiger partial charge in [-0.05, 0) is 36.4 Å². The Labute approximate surface area is 85.1 Å². The molecule has 1 aromatic heterocycles. The molecule has 0 amide bonds. The maximum absolute atomic E-state index is 10.6. The summed E-state index contributed by atoms with van der Waals surface area (Å²) in [6.07, 6.45) is 0. The monoisotopic (exact) mass is 207 g/mol. The molecule has 0 aliphatic heterocycles. The zero-order chi connectivity index (χ0) is 10.3. The first kappa shape index (κ1) is 9.15. The molecule has 0 atom stereocenters. The Balaban J connectivity index is 2.72. The molecule has 2 rings (SSSR count). The van der Waals surface area contributed by atoms with Gasteiger partial charge in [0.05, 0.1) is 4.92 Å². The molecule has 0 bridgehead atoms. The van der Waals surface area contributed by atoms with Gasteiger partial charge in [0.25, 0.3) is 0 Å². The molecule has 0 aliphatic rings. The van der Waals surface area contributed by atoms with Crippen molar-refractivity contribution < 1.29 is 4.92 Å². The molecule has 0 radical (unpaired) electrons. The zero-order valence-corrected chi connectivity index (χ0v) is 8.72. The van der Waals surface area contributed by atoms with Crippen LogP contribution in [0.2, 0.25) is 0 Å². The molecule has 0 saturated carbocycles. The van der Waals surface area contributed by atoms with Crippen molar-refractivity contribution in [3.8, 4) is 0 Å². The van der Waals surface area contributed by atoms with Crippen molar-refractivity contribution in [3.05, 3.63) is 39.4 Å². The number of benzene rings is 1. The van der Waals surface area contributed by atoms with E-state index in [9.17, 15) is 10.1 Å². The highest BCUT2D eigenvalue weighted by molar-refractivity contribution is 7.22. The Morgan fingerprint density at radius 2 is 1.86 bits per heavy atom. The van der Waals surface area contributed by atoms with E-state index in [1.165, 1.54) is 22.5 Å². The maximum atomic E-state index is 10.6. The van der Waals surface area contributed by atoms with E-state index in [4.69, 9.17) is 0 Å². The number of nitrogens with zero attached hydrogens (tertiary/aromatic N) is 1. The average Bonchev–Trinajstić information content (AvgIpc) is 2.48. The number of hydrogen-bond donors (Lipinski definition) is 0. The summed E-state index contributed by atoms with van der Waals surface area (Å²) in [5, 5.41) is 11.7.